The average molecular weight is 317 g/mol. The Kier molecular flexibility index (Phi) is 4.66. The predicted molar refractivity (Wildman–Crippen MR) is 70.8 cm³/mol. The Labute approximate surface area is 113 Å². The van der Waals surface area contributed by atoms with Crippen LogP contribution in [0.25, 0.3) is 0 Å². The molecule has 0 heterocycles. The summed E-state index contributed by atoms with van der Waals surface area (Å²) in [6.07, 6.45) is 0. The number of carbonyl (C=O) groups is 1. The number of rotatable bonds is 4. The van der Waals surface area contributed by atoms with E-state index in [2.05, 4.69) is 26.0 Å². The Morgan fingerprint density at radius 2 is 2.17 bits per heavy atom. The minimum Gasteiger partial charge on any atom is -0.468 e. The predicted octanol–water partition coefficient (Wildman–Crippen LogP) is 2.56. The van der Waals surface area contributed by atoms with Crippen LogP contribution in [0, 0.1) is 24.0 Å². The summed E-state index contributed by atoms with van der Waals surface area (Å²) < 4.78 is 5.06. The number of esters is 1. The lowest BCUT2D eigenvalue weighted by Crippen LogP contribution is -2.16. The van der Waals surface area contributed by atoms with E-state index >= 15 is 0 Å². The maximum Gasteiger partial charge on any atom is 0.325 e. The van der Waals surface area contributed by atoms with Crippen LogP contribution in [0.3, 0.4) is 0 Å². The van der Waals surface area contributed by atoms with Crippen LogP contribution in [0.1, 0.15) is 11.1 Å². The van der Waals surface area contributed by atoms with Crippen molar-refractivity contribution in [3.05, 3.63) is 31.8 Å². The minimum absolute atomic E-state index is 0.0751. The Morgan fingerprint density at radius 1 is 1.56 bits per heavy atom. The van der Waals surface area contributed by atoms with Crippen molar-refractivity contribution in [3.63, 3.8) is 0 Å². The quantitative estimate of drug-likeness (QED) is 0.524. The Bertz CT molecular complexity index is 502. The third-order valence-electron chi connectivity index (χ3n) is 2.58. The summed E-state index contributed by atoms with van der Waals surface area (Å²) in [4.78, 5) is 21.6. The van der Waals surface area contributed by atoms with Crippen LogP contribution >= 0.6 is 15.9 Å². The molecule has 1 aromatic rings. The minimum atomic E-state index is -0.491. The maximum atomic E-state index is 11.1. The zero-order valence-electron chi connectivity index (χ0n) is 10.2. The topological polar surface area (TPSA) is 81.5 Å². The summed E-state index contributed by atoms with van der Waals surface area (Å²) in [6.45, 7) is 3.50. The lowest BCUT2D eigenvalue weighted by Gasteiger charge is -2.12. The third-order valence-corrected chi connectivity index (χ3v) is 3.57. The molecule has 0 aliphatic heterocycles. The van der Waals surface area contributed by atoms with Crippen LogP contribution < -0.4 is 5.32 Å². The van der Waals surface area contributed by atoms with E-state index < -0.39 is 10.9 Å². The molecular formula is C11H13BrN2O4. The van der Waals surface area contributed by atoms with Gasteiger partial charge in [0, 0.05) is 6.07 Å². The van der Waals surface area contributed by atoms with Gasteiger partial charge in [-0.2, -0.15) is 0 Å². The highest BCUT2D eigenvalue weighted by atomic mass is 79.9. The number of hydrogen-bond acceptors (Lipinski definition) is 5. The summed E-state index contributed by atoms with van der Waals surface area (Å²) in [6, 6.07) is 1.47. The molecule has 0 aromatic heterocycles. The average Bonchev–Trinajstić information content (AvgIpc) is 2.33. The molecule has 0 spiro atoms. The normalized spacial score (nSPS) is 10.0. The van der Waals surface area contributed by atoms with Gasteiger partial charge in [-0.15, -0.1) is 0 Å². The van der Waals surface area contributed by atoms with Gasteiger partial charge in [-0.05, 0) is 40.9 Å². The van der Waals surface area contributed by atoms with Crippen LogP contribution in [0.4, 0.5) is 11.4 Å². The third kappa shape index (κ3) is 2.98. The van der Waals surface area contributed by atoms with Crippen molar-refractivity contribution in [1.82, 2.24) is 0 Å². The van der Waals surface area contributed by atoms with E-state index in [1.807, 2.05) is 6.92 Å². The molecule has 0 saturated heterocycles. The van der Waals surface area contributed by atoms with Crippen LogP contribution in [-0.2, 0) is 9.53 Å². The van der Waals surface area contributed by atoms with E-state index in [0.29, 0.717) is 4.47 Å². The molecule has 0 fully saturated rings. The first-order valence-electron chi connectivity index (χ1n) is 5.13. The first kappa shape index (κ1) is 14.4. The number of carbonyl (C=O) groups excluding carboxylic acids is 1. The number of halogens is 1. The first-order chi connectivity index (χ1) is 8.38. The SMILES string of the molecule is COC(=O)CNc1c([N+](=O)[O-])cc(C)c(C)c1Br. The zero-order valence-corrected chi connectivity index (χ0v) is 11.8. The largest absolute Gasteiger partial charge is 0.468 e. The maximum absolute atomic E-state index is 11.1. The molecule has 0 amide bonds. The van der Waals surface area contributed by atoms with Crippen molar-refractivity contribution in [1.29, 1.82) is 0 Å². The van der Waals surface area contributed by atoms with Crippen molar-refractivity contribution in [2.45, 2.75) is 13.8 Å². The second-order valence-corrected chi connectivity index (χ2v) is 4.51. The summed E-state index contributed by atoms with van der Waals surface area (Å²) in [5, 5.41) is 13.7. The molecule has 1 aromatic carbocycles. The fourth-order valence-corrected chi connectivity index (χ4v) is 2.06. The summed E-state index contributed by atoms with van der Waals surface area (Å²) in [7, 11) is 1.26. The van der Waals surface area contributed by atoms with E-state index in [1.54, 1.807) is 6.92 Å². The molecule has 6 nitrogen and oxygen atoms in total. The molecule has 0 bridgehead atoms. The molecule has 0 saturated carbocycles. The smallest absolute Gasteiger partial charge is 0.325 e. The van der Waals surface area contributed by atoms with Gasteiger partial charge in [0.2, 0.25) is 0 Å². The van der Waals surface area contributed by atoms with E-state index in [-0.39, 0.29) is 17.9 Å². The number of aryl methyl sites for hydroxylation is 1. The molecular weight excluding hydrogens is 304 g/mol. The van der Waals surface area contributed by atoms with Gasteiger partial charge in [-0.25, -0.2) is 0 Å². The van der Waals surface area contributed by atoms with Gasteiger partial charge >= 0.3 is 5.97 Å². The molecule has 0 unspecified atom stereocenters. The van der Waals surface area contributed by atoms with E-state index in [9.17, 15) is 14.9 Å². The fourth-order valence-electron chi connectivity index (χ4n) is 1.40. The van der Waals surface area contributed by atoms with Gasteiger partial charge in [0.05, 0.1) is 16.5 Å². The molecule has 0 radical (unpaired) electrons. The van der Waals surface area contributed by atoms with Gasteiger partial charge in [-0.1, -0.05) is 0 Å². The molecule has 7 heteroatoms. The molecule has 18 heavy (non-hydrogen) atoms. The van der Waals surface area contributed by atoms with Crippen molar-refractivity contribution < 1.29 is 14.5 Å². The van der Waals surface area contributed by atoms with Crippen molar-refractivity contribution in [2.24, 2.45) is 0 Å². The summed E-state index contributed by atoms with van der Waals surface area (Å²) >= 11 is 3.30. The highest BCUT2D eigenvalue weighted by Gasteiger charge is 2.20. The lowest BCUT2D eigenvalue weighted by atomic mass is 10.1. The zero-order chi connectivity index (χ0) is 13.9. The highest BCUT2D eigenvalue weighted by Crippen LogP contribution is 2.36. The second-order valence-electron chi connectivity index (χ2n) is 3.71. The first-order valence-corrected chi connectivity index (χ1v) is 5.92. The van der Waals surface area contributed by atoms with E-state index in [1.165, 1.54) is 13.2 Å². The number of ether oxygens (including phenoxy) is 1. The Balaban J connectivity index is 3.19. The number of methoxy groups -OCH3 is 1. The molecule has 0 aliphatic rings. The van der Waals surface area contributed by atoms with Crippen molar-refractivity contribution >= 4 is 33.3 Å². The van der Waals surface area contributed by atoms with Gasteiger partial charge in [0.15, 0.2) is 0 Å². The molecule has 98 valence electrons. The number of nitrogens with one attached hydrogen (secondary N) is 1. The summed E-state index contributed by atoms with van der Waals surface area (Å²) in [5.41, 5.74) is 1.90. The monoisotopic (exact) mass is 316 g/mol. The second kappa shape index (κ2) is 5.81. The van der Waals surface area contributed by atoms with Crippen molar-refractivity contribution in [3.8, 4) is 0 Å². The van der Waals surface area contributed by atoms with Gasteiger partial charge in [-0.3, -0.25) is 14.9 Å². The van der Waals surface area contributed by atoms with Gasteiger partial charge in [0.25, 0.3) is 5.69 Å². The van der Waals surface area contributed by atoms with Gasteiger partial charge in [0.1, 0.15) is 12.2 Å². The van der Waals surface area contributed by atoms with Crippen LogP contribution in [0.5, 0.6) is 0 Å². The van der Waals surface area contributed by atoms with Crippen molar-refractivity contribution in [2.75, 3.05) is 19.0 Å². The van der Waals surface area contributed by atoms with Crippen LogP contribution in [0.2, 0.25) is 0 Å². The van der Waals surface area contributed by atoms with Crippen LogP contribution in [-0.4, -0.2) is 24.5 Å². The molecule has 1 rings (SSSR count). The molecule has 0 aliphatic carbocycles. The van der Waals surface area contributed by atoms with E-state index in [0.717, 1.165) is 11.1 Å². The number of anilines is 1. The van der Waals surface area contributed by atoms with E-state index in [4.69, 9.17) is 0 Å². The summed E-state index contributed by atoms with van der Waals surface area (Å²) in [5.74, 6) is -0.491. The lowest BCUT2D eigenvalue weighted by molar-refractivity contribution is -0.384. The standard InChI is InChI=1S/C11H13BrN2O4/c1-6-4-8(14(16)17)11(10(12)7(6)2)13-5-9(15)18-3/h4,13H,5H2,1-3H3. The van der Waals surface area contributed by atoms with Gasteiger partial charge < -0.3 is 10.1 Å². The molecule has 1 N–H and O–H groups in total. The number of hydrogen-bond donors (Lipinski definition) is 1. The molecule has 0 atom stereocenters. The number of nitro groups is 1. The number of nitrogens with zero attached hydrogens (tertiary/aromatic N) is 1. The Morgan fingerprint density at radius 3 is 2.67 bits per heavy atom. The van der Waals surface area contributed by atoms with Crippen LogP contribution in [0.15, 0.2) is 10.5 Å². The fraction of sp³-hybridized carbons (Fsp3) is 0.364. The highest BCUT2D eigenvalue weighted by molar-refractivity contribution is 9.10. The number of benzene rings is 1. The Hall–Kier alpha value is -1.63. The number of nitro benzene ring substituents is 1.